The van der Waals surface area contributed by atoms with Crippen LogP contribution >= 0.6 is 0 Å². The first-order chi connectivity index (χ1) is 30.2. The monoisotopic (exact) mass is 778 g/mol. The van der Waals surface area contributed by atoms with E-state index in [1.807, 2.05) is 0 Å². The van der Waals surface area contributed by atoms with Crippen molar-refractivity contribution >= 4 is 71.4 Å². The van der Waals surface area contributed by atoms with Crippen LogP contribution in [0, 0.1) is 0 Å². The lowest BCUT2D eigenvalue weighted by molar-refractivity contribution is 0.634. The molecule has 0 atom stereocenters. The molecular weight excluding hydrogens is 745 g/mol. The third kappa shape index (κ3) is 4.60. The first kappa shape index (κ1) is 32.9. The largest absolute Gasteiger partial charge is 0.455 e. The third-order valence-corrected chi connectivity index (χ3v) is 13.1. The van der Waals surface area contributed by atoms with Crippen molar-refractivity contribution in [3.8, 4) is 56.5 Å². The van der Waals surface area contributed by atoms with E-state index in [1.165, 1.54) is 65.8 Å². The summed E-state index contributed by atoms with van der Waals surface area (Å²) < 4.78 is 11.2. The highest BCUT2D eigenvalue weighted by molar-refractivity contribution is 6.20. The van der Waals surface area contributed by atoms with Gasteiger partial charge in [0.05, 0.1) is 33.5 Å². The molecule has 0 fully saturated rings. The molecule has 0 spiro atoms. The zero-order valence-electron chi connectivity index (χ0n) is 32.9. The Morgan fingerprint density at radius 2 is 1.25 bits per heavy atom. The fourth-order valence-electron chi connectivity index (χ4n) is 10.5. The van der Waals surface area contributed by atoms with Gasteiger partial charge in [0, 0.05) is 54.7 Å². The lowest BCUT2D eigenvalue weighted by atomic mass is 9.96. The second kappa shape index (κ2) is 12.3. The van der Waals surface area contributed by atoms with Crippen LogP contribution in [0.5, 0.6) is 0 Å². The average molecular weight is 779 g/mol. The van der Waals surface area contributed by atoms with E-state index in [4.69, 9.17) is 14.4 Å². The number of para-hydroxylation sites is 3. The van der Waals surface area contributed by atoms with Crippen molar-refractivity contribution in [2.75, 3.05) is 0 Å². The number of aryl methyl sites for hydroxylation is 1. The molecule has 284 valence electrons. The summed E-state index contributed by atoms with van der Waals surface area (Å²) >= 11 is 0. The SMILES string of the molecule is C1=Cc2c(c3cc(-c4ccc5oc6c(c5c4)-c4cccc5cccc-6c45)ccc3n2-c2nc(-c3ccc4c5ccccc5n(-c5ccccc5)c4c3)c3ccccc3n2)CC1. The molecule has 0 aliphatic heterocycles. The summed E-state index contributed by atoms with van der Waals surface area (Å²) in [6, 6.07) is 61.1. The lowest BCUT2D eigenvalue weighted by Crippen LogP contribution is -2.06. The quantitative estimate of drug-likeness (QED) is 0.179. The number of benzene rings is 8. The maximum absolute atomic E-state index is 6.58. The van der Waals surface area contributed by atoms with Gasteiger partial charge in [0.1, 0.15) is 11.3 Å². The third-order valence-electron chi connectivity index (χ3n) is 13.1. The second-order valence-electron chi connectivity index (χ2n) is 16.4. The molecule has 2 aliphatic carbocycles. The Balaban J connectivity index is 0.946. The first-order valence-corrected chi connectivity index (χ1v) is 21.0. The van der Waals surface area contributed by atoms with Crippen LogP contribution in [0.1, 0.15) is 17.7 Å². The summed E-state index contributed by atoms with van der Waals surface area (Å²) in [6.07, 6.45) is 6.49. The summed E-state index contributed by atoms with van der Waals surface area (Å²) in [5.41, 5.74) is 16.8. The minimum Gasteiger partial charge on any atom is -0.455 e. The smallest absolute Gasteiger partial charge is 0.235 e. The normalized spacial score (nSPS) is 13.0. The van der Waals surface area contributed by atoms with Crippen molar-refractivity contribution in [3.05, 3.63) is 187 Å². The Morgan fingerprint density at radius 3 is 2.15 bits per heavy atom. The molecule has 0 saturated heterocycles. The zero-order chi connectivity index (χ0) is 39.8. The highest BCUT2D eigenvalue weighted by Crippen LogP contribution is 2.52. The van der Waals surface area contributed by atoms with Gasteiger partial charge in [-0.15, -0.1) is 0 Å². The number of allylic oxidation sites excluding steroid dienone is 1. The van der Waals surface area contributed by atoms with Crippen LogP contribution < -0.4 is 0 Å². The molecule has 5 nitrogen and oxygen atoms in total. The molecular formula is C56H34N4O. The van der Waals surface area contributed by atoms with Crippen LogP contribution in [-0.2, 0) is 6.42 Å². The highest BCUT2D eigenvalue weighted by atomic mass is 16.3. The van der Waals surface area contributed by atoms with E-state index in [0.717, 1.165) is 74.1 Å². The van der Waals surface area contributed by atoms with E-state index in [9.17, 15) is 0 Å². The molecule has 4 aromatic heterocycles. The van der Waals surface area contributed by atoms with Crippen molar-refractivity contribution in [2.45, 2.75) is 12.8 Å². The molecule has 5 heteroatoms. The fourth-order valence-corrected chi connectivity index (χ4v) is 10.5. The van der Waals surface area contributed by atoms with E-state index >= 15 is 0 Å². The maximum atomic E-state index is 6.58. The number of nitrogens with zero attached hydrogens (tertiary/aromatic N) is 4. The number of hydrogen-bond donors (Lipinski definition) is 0. The maximum Gasteiger partial charge on any atom is 0.235 e. The topological polar surface area (TPSA) is 48.8 Å². The summed E-state index contributed by atoms with van der Waals surface area (Å²) in [4.78, 5) is 10.8. The van der Waals surface area contributed by atoms with Gasteiger partial charge in [-0.2, -0.15) is 0 Å². The minimum absolute atomic E-state index is 0.673. The molecule has 2 aliphatic rings. The van der Waals surface area contributed by atoms with Gasteiger partial charge in [-0.3, -0.25) is 4.57 Å². The molecule has 8 aromatic carbocycles. The second-order valence-corrected chi connectivity index (χ2v) is 16.4. The molecule has 4 heterocycles. The lowest BCUT2D eigenvalue weighted by Gasteiger charge is -2.14. The van der Waals surface area contributed by atoms with Crippen LogP contribution in [0.2, 0.25) is 0 Å². The molecule has 0 unspecified atom stereocenters. The van der Waals surface area contributed by atoms with Gasteiger partial charge >= 0.3 is 0 Å². The Labute approximate surface area is 350 Å². The molecule has 61 heavy (non-hydrogen) atoms. The number of aromatic nitrogens is 4. The number of rotatable bonds is 4. The standard InChI is InChI=1S/C56H34N4O/c1-2-14-37(15-3-1)59-47-22-8-5-16-38(47)40-27-24-36(32-50(40)59)54-41-18-4-7-21-46(41)57-56(58-54)60-48-23-9-6-17-39(48)44-30-34(25-28-49(44)60)35-26-29-51-45(31-35)53-42-19-10-12-33-13-11-20-43(52(33)42)55(53)61-51/h1-5,7-16,18-32H,6,17H2. The van der Waals surface area contributed by atoms with Crippen molar-refractivity contribution < 1.29 is 4.42 Å². The first-order valence-electron chi connectivity index (χ1n) is 21.0. The summed E-state index contributed by atoms with van der Waals surface area (Å²) in [5.74, 6) is 1.65. The van der Waals surface area contributed by atoms with Crippen LogP contribution in [0.4, 0.5) is 0 Å². The van der Waals surface area contributed by atoms with Crippen LogP contribution in [-0.4, -0.2) is 19.1 Å². The number of hydrogen-bond acceptors (Lipinski definition) is 3. The van der Waals surface area contributed by atoms with Gasteiger partial charge < -0.3 is 8.98 Å². The van der Waals surface area contributed by atoms with Crippen LogP contribution in [0.15, 0.2) is 180 Å². The predicted molar refractivity (Wildman–Crippen MR) is 251 cm³/mol. The van der Waals surface area contributed by atoms with Crippen LogP contribution in [0.25, 0.3) is 128 Å². The van der Waals surface area contributed by atoms with E-state index in [1.54, 1.807) is 0 Å². The Bertz CT molecular complexity index is 3880. The van der Waals surface area contributed by atoms with E-state index < -0.39 is 0 Å². The molecule has 0 bridgehead atoms. The van der Waals surface area contributed by atoms with Gasteiger partial charge in [0.2, 0.25) is 5.95 Å². The zero-order valence-corrected chi connectivity index (χ0v) is 32.9. The number of furan rings is 1. The van der Waals surface area contributed by atoms with Gasteiger partial charge in [-0.1, -0.05) is 121 Å². The van der Waals surface area contributed by atoms with Gasteiger partial charge in [-0.25, -0.2) is 9.97 Å². The van der Waals surface area contributed by atoms with Gasteiger partial charge in [0.25, 0.3) is 0 Å². The van der Waals surface area contributed by atoms with Crippen molar-refractivity contribution in [1.82, 2.24) is 19.1 Å². The fraction of sp³-hybridized carbons (Fsp3) is 0.0357. The minimum atomic E-state index is 0.673. The van der Waals surface area contributed by atoms with Gasteiger partial charge in [0.15, 0.2) is 0 Å². The van der Waals surface area contributed by atoms with Crippen LogP contribution in [0.3, 0.4) is 0 Å². The van der Waals surface area contributed by atoms with E-state index in [2.05, 4.69) is 191 Å². The van der Waals surface area contributed by atoms with Crippen molar-refractivity contribution in [3.63, 3.8) is 0 Å². The molecule has 0 radical (unpaired) electrons. The number of fused-ring (bicyclic) bond motifs is 12. The van der Waals surface area contributed by atoms with E-state index in [0.29, 0.717) is 5.95 Å². The molecule has 0 amide bonds. The van der Waals surface area contributed by atoms with E-state index in [-0.39, 0.29) is 0 Å². The Hall–Kier alpha value is -8.02. The molecule has 0 N–H and O–H groups in total. The summed E-state index contributed by atoms with van der Waals surface area (Å²) in [6.45, 7) is 0. The Morgan fingerprint density at radius 1 is 0.508 bits per heavy atom. The Kier molecular flexibility index (Phi) is 6.61. The molecule has 12 aromatic rings. The average Bonchev–Trinajstić information content (AvgIpc) is 4.05. The highest BCUT2D eigenvalue weighted by Gasteiger charge is 2.28. The molecule has 14 rings (SSSR count). The van der Waals surface area contributed by atoms with Crippen molar-refractivity contribution in [1.29, 1.82) is 0 Å². The summed E-state index contributed by atoms with van der Waals surface area (Å²) in [5, 5.41) is 8.38. The van der Waals surface area contributed by atoms with Crippen molar-refractivity contribution in [2.24, 2.45) is 0 Å². The molecule has 0 saturated carbocycles. The van der Waals surface area contributed by atoms with Gasteiger partial charge in [-0.05, 0) is 101 Å². The summed E-state index contributed by atoms with van der Waals surface area (Å²) in [7, 11) is 0. The predicted octanol–water partition coefficient (Wildman–Crippen LogP) is 14.5.